The lowest BCUT2D eigenvalue weighted by atomic mass is 10.1. The second-order valence-corrected chi connectivity index (χ2v) is 8.73. The summed E-state index contributed by atoms with van der Waals surface area (Å²) in [5.74, 6) is -0.282. The van der Waals surface area contributed by atoms with E-state index in [2.05, 4.69) is 19.9 Å². The Hall–Kier alpha value is -2.83. The van der Waals surface area contributed by atoms with Gasteiger partial charge < -0.3 is 40.1 Å². The van der Waals surface area contributed by atoms with Crippen molar-refractivity contribution in [2.75, 3.05) is 13.2 Å². The molecule has 2 aliphatic rings. The molecule has 2 fully saturated rings. The number of rotatable bonds is 4. The van der Waals surface area contributed by atoms with Crippen LogP contribution in [0.1, 0.15) is 24.4 Å². The highest BCUT2D eigenvalue weighted by atomic mass is 32.1. The van der Waals surface area contributed by atoms with Crippen molar-refractivity contribution in [1.29, 1.82) is 0 Å². The average Bonchev–Trinajstić information content (AvgIpc) is 3.53. The van der Waals surface area contributed by atoms with Gasteiger partial charge in [-0.25, -0.2) is 9.97 Å². The number of nitrogens with one attached hydrogen (secondary N) is 1. The Morgan fingerprint density at radius 2 is 1.81 bits per heavy atom. The lowest BCUT2D eigenvalue weighted by Crippen LogP contribution is -2.33. The summed E-state index contributed by atoms with van der Waals surface area (Å²) >= 11 is 5.03. The maximum absolute atomic E-state index is 11.3. The minimum Gasteiger partial charge on any atom is -0.492 e. The molecule has 7 N–H and O–H groups in total. The Balaban J connectivity index is 0.000000170. The van der Waals surface area contributed by atoms with Gasteiger partial charge in [0, 0.05) is 18.2 Å². The van der Waals surface area contributed by atoms with Crippen LogP contribution in [-0.2, 0) is 9.47 Å². The molecule has 0 unspecified atom stereocenters. The van der Waals surface area contributed by atoms with Crippen LogP contribution >= 0.6 is 12.2 Å². The number of fused-ring (bicyclic) bond motifs is 1. The van der Waals surface area contributed by atoms with Gasteiger partial charge in [0.25, 0.3) is 5.56 Å². The maximum atomic E-state index is 11.3. The predicted octanol–water partition coefficient (Wildman–Crippen LogP) is -2.00. The Morgan fingerprint density at radius 3 is 2.44 bits per heavy atom. The summed E-state index contributed by atoms with van der Waals surface area (Å²) in [4.78, 5) is 25.3. The molecule has 0 aromatic carbocycles. The summed E-state index contributed by atoms with van der Waals surface area (Å²) in [6.45, 7) is 1.01. The molecule has 0 spiro atoms. The van der Waals surface area contributed by atoms with Crippen molar-refractivity contribution in [2.45, 2.75) is 56.3 Å². The summed E-state index contributed by atoms with van der Waals surface area (Å²) in [6, 6.07) is 0. The summed E-state index contributed by atoms with van der Waals surface area (Å²) in [5.41, 5.74) is 0.718. The minimum absolute atomic E-state index is 0.167. The van der Waals surface area contributed by atoms with E-state index in [4.69, 9.17) is 31.9 Å². The summed E-state index contributed by atoms with van der Waals surface area (Å²) < 4.78 is 14.0. The van der Waals surface area contributed by atoms with Crippen LogP contribution in [0.15, 0.2) is 23.6 Å². The normalized spacial score (nSPS) is 29.9. The largest absolute Gasteiger partial charge is 0.492 e. The van der Waals surface area contributed by atoms with Gasteiger partial charge in [-0.3, -0.25) is 18.9 Å². The summed E-state index contributed by atoms with van der Waals surface area (Å²) in [6.07, 6.45) is -1.63. The number of hydrogen-bond donors (Lipinski definition) is 7. The molecule has 3 aromatic heterocycles. The van der Waals surface area contributed by atoms with Crippen LogP contribution in [0.4, 0.5) is 0 Å². The first-order valence-corrected chi connectivity index (χ1v) is 11.3. The van der Waals surface area contributed by atoms with Crippen molar-refractivity contribution < 1.29 is 40.1 Å². The zero-order valence-corrected chi connectivity index (χ0v) is 19.8. The Labute approximate surface area is 207 Å². The first-order valence-electron chi connectivity index (χ1n) is 10.9. The van der Waals surface area contributed by atoms with Gasteiger partial charge >= 0.3 is 0 Å². The molecule has 0 bridgehead atoms. The molecule has 0 amide bonds. The zero-order chi connectivity index (χ0) is 26.1. The van der Waals surface area contributed by atoms with E-state index in [0.29, 0.717) is 12.0 Å². The second kappa shape index (κ2) is 10.7. The highest BCUT2D eigenvalue weighted by Gasteiger charge is 2.44. The lowest BCUT2D eigenvalue weighted by Gasteiger charge is -2.16. The molecule has 36 heavy (non-hydrogen) atoms. The standard InChI is InChI=1S/C10H12N4O5.C10H14N2O4S/c15-1-4-6(16)7(17)10(19-4)14-3-13-5-8(14)11-2-12-9(5)18;1-5-3-12(10(17)11-9(5)15)8-2-6(14)7(4-13)16-8/h2-4,6-7,10,15-17H,1H2,(H,11,12,18);3,6-8,13-14H,2,4H2,1H3,(H,11,15,17)/t4-,6-,7-,10-;6-,7+,8+/m10/s1. The third kappa shape index (κ3) is 4.89. The zero-order valence-electron chi connectivity index (χ0n) is 18.9. The molecule has 5 rings (SSSR count). The van der Waals surface area contributed by atoms with Gasteiger partial charge in [-0.05, 0) is 19.1 Å². The monoisotopic (exact) mass is 526 g/mol. The molecular formula is C20H26N6O9S. The number of imidazole rings is 1. The van der Waals surface area contributed by atoms with E-state index in [1.807, 2.05) is 0 Å². The third-order valence-corrected chi connectivity index (χ3v) is 6.28. The Bertz CT molecular complexity index is 1330. The highest BCUT2D eigenvalue weighted by Crippen LogP contribution is 2.32. The predicted molar refractivity (Wildman–Crippen MR) is 122 cm³/mol. The molecule has 7 atom stereocenters. The number of aromatic nitrogens is 6. The van der Waals surface area contributed by atoms with Crippen LogP contribution in [0.3, 0.4) is 0 Å². The quantitative estimate of drug-likeness (QED) is 0.183. The molecule has 2 aliphatic heterocycles. The van der Waals surface area contributed by atoms with E-state index in [0.717, 1.165) is 6.33 Å². The number of aliphatic hydroxyl groups is 5. The Kier molecular flexibility index (Phi) is 7.76. The molecule has 196 valence electrons. The molecule has 2 saturated heterocycles. The van der Waals surface area contributed by atoms with E-state index >= 15 is 0 Å². The van der Waals surface area contributed by atoms with Crippen LogP contribution in [-0.4, -0.2) is 103 Å². The molecule has 15 nitrogen and oxygen atoms in total. The van der Waals surface area contributed by atoms with Gasteiger partial charge in [-0.15, -0.1) is 0 Å². The van der Waals surface area contributed by atoms with Gasteiger partial charge in [0.2, 0.25) is 5.88 Å². The van der Waals surface area contributed by atoms with Crippen molar-refractivity contribution in [1.82, 2.24) is 29.1 Å². The SMILES string of the molecule is Cc1cn([C@H]2C[C@H](O)[C@@H](CO)O2)c(=S)[nH]c1=O.OC[C@H]1O[C@@H](n2cnc3c(O)ncnc32)[C@H](O)[C@@H]1O. The fourth-order valence-corrected chi connectivity index (χ4v) is 4.25. The summed E-state index contributed by atoms with van der Waals surface area (Å²) in [5, 5.41) is 56.8. The van der Waals surface area contributed by atoms with Crippen LogP contribution in [0.2, 0.25) is 0 Å². The molecule has 0 saturated carbocycles. The number of ether oxygens (including phenoxy) is 2. The molecule has 16 heteroatoms. The highest BCUT2D eigenvalue weighted by molar-refractivity contribution is 7.71. The molecular weight excluding hydrogens is 500 g/mol. The fraction of sp³-hybridized carbons (Fsp3) is 0.550. The summed E-state index contributed by atoms with van der Waals surface area (Å²) in [7, 11) is 0. The number of H-pyrrole nitrogens is 1. The van der Waals surface area contributed by atoms with Crippen molar-refractivity contribution in [2.24, 2.45) is 0 Å². The van der Waals surface area contributed by atoms with Gasteiger partial charge in [0.05, 0.1) is 25.6 Å². The van der Waals surface area contributed by atoms with Crippen molar-refractivity contribution in [3.8, 4) is 5.88 Å². The lowest BCUT2D eigenvalue weighted by molar-refractivity contribution is -0.0511. The van der Waals surface area contributed by atoms with Crippen LogP contribution < -0.4 is 5.56 Å². The number of aromatic hydroxyl groups is 1. The number of aromatic amines is 1. The van der Waals surface area contributed by atoms with Gasteiger partial charge in [-0.1, -0.05) is 0 Å². The molecule has 0 aliphatic carbocycles. The first kappa shape index (κ1) is 26.2. The van der Waals surface area contributed by atoms with Crippen LogP contribution in [0, 0.1) is 11.7 Å². The number of nitrogens with zero attached hydrogens (tertiary/aromatic N) is 5. The van der Waals surface area contributed by atoms with Crippen molar-refractivity contribution in [3.63, 3.8) is 0 Å². The van der Waals surface area contributed by atoms with E-state index < -0.39 is 49.6 Å². The van der Waals surface area contributed by atoms with E-state index in [1.165, 1.54) is 10.9 Å². The fourth-order valence-electron chi connectivity index (χ4n) is 3.99. The Morgan fingerprint density at radius 1 is 1.08 bits per heavy atom. The van der Waals surface area contributed by atoms with Gasteiger partial charge in [0.15, 0.2) is 22.2 Å². The van der Waals surface area contributed by atoms with Crippen LogP contribution in [0.25, 0.3) is 11.2 Å². The molecule has 0 radical (unpaired) electrons. The van der Waals surface area contributed by atoms with E-state index in [1.54, 1.807) is 17.7 Å². The van der Waals surface area contributed by atoms with E-state index in [9.17, 15) is 25.2 Å². The van der Waals surface area contributed by atoms with Crippen molar-refractivity contribution >= 4 is 23.4 Å². The number of aryl methyl sites for hydroxylation is 1. The average molecular weight is 527 g/mol. The van der Waals surface area contributed by atoms with Crippen LogP contribution in [0.5, 0.6) is 5.88 Å². The molecule has 3 aromatic rings. The van der Waals surface area contributed by atoms with Crippen molar-refractivity contribution in [3.05, 3.63) is 39.5 Å². The molecule has 5 heterocycles. The number of hydrogen-bond acceptors (Lipinski definition) is 13. The smallest absolute Gasteiger partial charge is 0.254 e. The van der Waals surface area contributed by atoms with Gasteiger partial charge in [-0.2, -0.15) is 4.98 Å². The van der Waals surface area contributed by atoms with E-state index in [-0.39, 0.29) is 34.0 Å². The maximum Gasteiger partial charge on any atom is 0.254 e. The number of aliphatic hydroxyl groups excluding tert-OH is 5. The second-order valence-electron chi connectivity index (χ2n) is 8.34. The van der Waals surface area contributed by atoms with Gasteiger partial charge in [0.1, 0.15) is 37.0 Å². The topological polar surface area (TPSA) is 221 Å². The first-order chi connectivity index (χ1) is 17.2. The minimum atomic E-state index is -1.23. The third-order valence-electron chi connectivity index (χ3n) is 5.97.